The minimum absolute atomic E-state index is 0.143. The molecule has 0 fully saturated rings. The summed E-state index contributed by atoms with van der Waals surface area (Å²) in [6.07, 6.45) is 1.61. The van der Waals surface area contributed by atoms with E-state index in [-0.39, 0.29) is 17.8 Å². The summed E-state index contributed by atoms with van der Waals surface area (Å²) in [5.74, 6) is -0.853. The molecule has 3 aromatic rings. The van der Waals surface area contributed by atoms with Gasteiger partial charge in [-0.3, -0.25) is 19.9 Å². The summed E-state index contributed by atoms with van der Waals surface area (Å²) < 4.78 is 13.9. The third-order valence-electron chi connectivity index (χ3n) is 3.82. The van der Waals surface area contributed by atoms with Gasteiger partial charge in [0.15, 0.2) is 0 Å². The van der Waals surface area contributed by atoms with Gasteiger partial charge in [0.05, 0.1) is 22.7 Å². The average molecular weight is 477 g/mol. The maximum Gasteiger partial charge on any atom is 0.270 e. The predicted octanol–water partition coefficient (Wildman–Crippen LogP) is 4.58. The first-order chi connectivity index (χ1) is 13.0. The highest BCUT2D eigenvalue weighted by Gasteiger charge is 2.23. The van der Waals surface area contributed by atoms with Crippen molar-refractivity contribution in [1.82, 2.24) is 4.98 Å². The van der Waals surface area contributed by atoms with Crippen LogP contribution in [0.2, 0.25) is 0 Å². The molecular formula is C19H13FIN3O3. The Kier molecular flexibility index (Phi) is 5.75. The molecule has 0 aliphatic heterocycles. The number of carbonyl (C=O) groups excluding carboxylic acids is 1. The van der Waals surface area contributed by atoms with Crippen LogP contribution in [-0.2, 0) is 6.54 Å². The van der Waals surface area contributed by atoms with Crippen LogP contribution in [0.1, 0.15) is 16.1 Å². The number of halogens is 2. The van der Waals surface area contributed by atoms with Crippen LogP contribution in [0, 0.1) is 19.5 Å². The molecule has 0 N–H and O–H groups in total. The molecule has 3 rings (SSSR count). The summed E-state index contributed by atoms with van der Waals surface area (Å²) in [7, 11) is 0. The van der Waals surface area contributed by atoms with Crippen molar-refractivity contribution in [3.63, 3.8) is 0 Å². The highest BCUT2D eigenvalue weighted by atomic mass is 127. The minimum atomic E-state index is -0.548. The topological polar surface area (TPSA) is 76.3 Å². The number of carbonyl (C=O) groups is 1. The van der Waals surface area contributed by atoms with Gasteiger partial charge in [0.25, 0.3) is 11.6 Å². The van der Waals surface area contributed by atoms with Crippen molar-refractivity contribution in [3.05, 3.63) is 97.6 Å². The molecule has 0 atom stereocenters. The Morgan fingerprint density at radius 3 is 2.52 bits per heavy atom. The van der Waals surface area contributed by atoms with Gasteiger partial charge in [-0.2, -0.15) is 0 Å². The van der Waals surface area contributed by atoms with Crippen LogP contribution in [0.4, 0.5) is 15.8 Å². The molecule has 1 aromatic heterocycles. The normalized spacial score (nSPS) is 10.4. The molecule has 0 saturated heterocycles. The zero-order chi connectivity index (χ0) is 19.4. The lowest BCUT2D eigenvalue weighted by molar-refractivity contribution is -0.384. The Morgan fingerprint density at radius 1 is 1.15 bits per heavy atom. The van der Waals surface area contributed by atoms with Crippen molar-refractivity contribution in [2.45, 2.75) is 6.54 Å². The first kappa shape index (κ1) is 18.9. The van der Waals surface area contributed by atoms with Gasteiger partial charge < -0.3 is 4.90 Å². The van der Waals surface area contributed by atoms with E-state index in [4.69, 9.17) is 0 Å². The van der Waals surface area contributed by atoms with Gasteiger partial charge in [-0.05, 0) is 65.1 Å². The molecule has 0 spiro atoms. The minimum Gasteiger partial charge on any atom is -0.302 e. The number of non-ortho nitro benzene ring substituents is 1. The quantitative estimate of drug-likeness (QED) is 0.306. The number of nitro groups is 1. The molecular weight excluding hydrogens is 464 g/mol. The van der Waals surface area contributed by atoms with Crippen molar-refractivity contribution >= 4 is 39.9 Å². The van der Waals surface area contributed by atoms with E-state index < -0.39 is 16.6 Å². The standard InChI is InChI=1S/C19H13FIN3O3/c20-13-4-6-15(7-5-13)23(12-14-3-1-2-10-22-14)19(25)17-11-16(24(26)27)8-9-18(17)21/h1-11H,12H2. The number of hydrogen-bond acceptors (Lipinski definition) is 4. The third kappa shape index (κ3) is 4.45. The molecule has 0 radical (unpaired) electrons. The number of pyridine rings is 1. The summed E-state index contributed by atoms with van der Waals surface area (Å²) in [5.41, 5.74) is 1.13. The average Bonchev–Trinajstić information content (AvgIpc) is 2.67. The van der Waals surface area contributed by atoms with Crippen molar-refractivity contribution in [1.29, 1.82) is 0 Å². The Hall–Kier alpha value is -2.88. The molecule has 1 heterocycles. The second kappa shape index (κ2) is 8.21. The Balaban J connectivity index is 2.04. The Bertz CT molecular complexity index is 981. The van der Waals surface area contributed by atoms with E-state index in [0.717, 1.165) is 0 Å². The number of rotatable bonds is 5. The molecule has 0 aliphatic carbocycles. The number of anilines is 1. The van der Waals surface area contributed by atoms with Gasteiger partial charge in [0.1, 0.15) is 5.82 Å². The number of aromatic nitrogens is 1. The van der Waals surface area contributed by atoms with E-state index in [2.05, 4.69) is 4.98 Å². The molecule has 8 heteroatoms. The van der Waals surface area contributed by atoms with Crippen LogP contribution in [0.3, 0.4) is 0 Å². The van der Waals surface area contributed by atoms with Crippen LogP contribution in [-0.4, -0.2) is 15.8 Å². The number of benzene rings is 2. The number of nitrogens with zero attached hydrogens (tertiary/aromatic N) is 3. The van der Waals surface area contributed by atoms with Gasteiger partial charge >= 0.3 is 0 Å². The van der Waals surface area contributed by atoms with E-state index in [1.807, 2.05) is 22.6 Å². The predicted molar refractivity (Wildman–Crippen MR) is 107 cm³/mol. The molecule has 0 aliphatic rings. The Morgan fingerprint density at radius 2 is 1.89 bits per heavy atom. The van der Waals surface area contributed by atoms with Gasteiger partial charge in [-0.25, -0.2) is 4.39 Å². The smallest absolute Gasteiger partial charge is 0.270 e. The fourth-order valence-corrected chi connectivity index (χ4v) is 3.06. The summed E-state index contributed by atoms with van der Waals surface area (Å²) in [4.78, 5) is 29.4. The van der Waals surface area contributed by atoms with Crippen LogP contribution in [0.25, 0.3) is 0 Å². The van der Waals surface area contributed by atoms with Gasteiger partial charge in [0, 0.05) is 27.6 Å². The third-order valence-corrected chi connectivity index (χ3v) is 4.76. The number of nitro benzene ring substituents is 1. The van der Waals surface area contributed by atoms with Gasteiger partial charge in [0.2, 0.25) is 0 Å². The lowest BCUT2D eigenvalue weighted by Gasteiger charge is -2.23. The molecule has 27 heavy (non-hydrogen) atoms. The molecule has 0 bridgehead atoms. The maximum absolute atomic E-state index is 13.3. The van der Waals surface area contributed by atoms with Crippen molar-refractivity contribution in [2.24, 2.45) is 0 Å². The maximum atomic E-state index is 13.3. The van der Waals surface area contributed by atoms with Crippen LogP contribution < -0.4 is 4.90 Å². The fourth-order valence-electron chi connectivity index (χ4n) is 2.49. The molecule has 2 aromatic carbocycles. The van der Waals surface area contributed by atoms with Crippen molar-refractivity contribution in [3.8, 4) is 0 Å². The monoisotopic (exact) mass is 477 g/mol. The summed E-state index contributed by atoms with van der Waals surface area (Å²) in [6, 6.07) is 14.9. The molecule has 1 amide bonds. The summed E-state index contributed by atoms with van der Waals surface area (Å²) in [6.45, 7) is 0.143. The number of amides is 1. The van der Waals surface area contributed by atoms with Crippen molar-refractivity contribution in [2.75, 3.05) is 4.90 Å². The first-order valence-electron chi connectivity index (χ1n) is 7.87. The summed E-state index contributed by atoms with van der Waals surface area (Å²) >= 11 is 1.96. The van der Waals surface area contributed by atoms with E-state index in [1.165, 1.54) is 47.4 Å². The lowest BCUT2D eigenvalue weighted by Crippen LogP contribution is -2.31. The van der Waals surface area contributed by atoms with Crippen LogP contribution in [0.5, 0.6) is 0 Å². The van der Waals surface area contributed by atoms with Crippen LogP contribution in [0.15, 0.2) is 66.9 Å². The molecule has 0 saturated carbocycles. The second-order valence-corrected chi connectivity index (χ2v) is 6.77. The SMILES string of the molecule is O=C(c1cc([N+](=O)[O-])ccc1I)N(Cc1ccccn1)c1ccc(F)cc1. The van der Waals surface area contributed by atoms with Crippen molar-refractivity contribution < 1.29 is 14.1 Å². The first-order valence-corrected chi connectivity index (χ1v) is 8.95. The molecule has 6 nitrogen and oxygen atoms in total. The largest absolute Gasteiger partial charge is 0.302 e. The highest BCUT2D eigenvalue weighted by Crippen LogP contribution is 2.25. The zero-order valence-electron chi connectivity index (χ0n) is 13.9. The number of hydrogen-bond donors (Lipinski definition) is 0. The van der Waals surface area contributed by atoms with E-state index in [0.29, 0.717) is 15.0 Å². The van der Waals surface area contributed by atoms with Crippen LogP contribution >= 0.6 is 22.6 Å². The van der Waals surface area contributed by atoms with E-state index in [1.54, 1.807) is 24.4 Å². The highest BCUT2D eigenvalue weighted by molar-refractivity contribution is 14.1. The zero-order valence-corrected chi connectivity index (χ0v) is 16.0. The van der Waals surface area contributed by atoms with E-state index in [9.17, 15) is 19.3 Å². The second-order valence-electron chi connectivity index (χ2n) is 5.61. The lowest BCUT2D eigenvalue weighted by atomic mass is 10.1. The molecule has 136 valence electrons. The van der Waals surface area contributed by atoms with E-state index >= 15 is 0 Å². The fraction of sp³-hybridized carbons (Fsp3) is 0.0526. The van der Waals surface area contributed by atoms with Gasteiger partial charge in [-0.15, -0.1) is 0 Å². The Labute approximate surface area is 167 Å². The molecule has 0 unspecified atom stereocenters. The van der Waals surface area contributed by atoms with Gasteiger partial charge in [-0.1, -0.05) is 6.07 Å². The summed E-state index contributed by atoms with van der Waals surface area (Å²) in [5, 5.41) is 11.1.